The highest BCUT2D eigenvalue weighted by Gasteiger charge is 2.08. The highest BCUT2D eigenvalue weighted by atomic mass is 16.5. The van der Waals surface area contributed by atoms with Crippen LogP contribution in [0.1, 0.15) is 32.4 Å². The Morgan fingerprint density at radius 3 is 2.44 bits per heavy atom. The number of hydrogen-bond acceptors (Lipinski definition) is 3. The third kappa shape index (κ3) is 4.45. The predicted molar refractivity (Wildman–Crippen MR) is 64.1 cm³/mol. The van der Waals surface area contributed by atoms with Gasteiger partial charge in [-0.2, -0.15) is 0 Å². The van der Waals surface area contributed by atoms with Crippen molar-refractivity contribution in [3.63, 3.8) is 0 Å². The summed E-state index contributed by atoms with van der Waals surface area (Å²) in [4.78, 5) is 11.3. The van der Waals surface area contributed by atoms with Gasteiger partial charge in [0.15, 0.2) is 0 Å². The smallest absolute Gasteiger partial charge is 0.320 e. The van der Waals surface area contributed by atoms with Gasteiger partial charge in [0, 0.05) is 6.04 Å². The van der Waals surface area contributed by atoms with E-state index in [1.165, 1.54) is 5.56 Å². The lowest BCUT2D eigenvalue weighted by Gasteiger charge is -2.14. The molecule has 0 bridgehead atoms. The van der Waals surface area contributed by atoms with Crippen LogP contribution in [0.3, 0.4) is 0 Å². The Morgan fingerprint density at radius 1 is 1.25 bits per heavy atom. The third-order valence-corrected chi connectivity index (χ3v) is 2.22. The SMILES string of the molecule is CC(C)OC(=O)CN[C@H](C)c1ccccc1. The minimum atomic E-state index is -0.210. The molecule has 88 valence electrons. The Kier molecular flexibility index (Phi) is 4.99. The summed E-state index contributed by atoms with van der Waals surface area (Å²) in [6, 6.07) is 10.2. The number of carbonyl (C=O) groups is 1. The summed E-state index contributed by atoms with van der Waals surface area (Å²) in [5, 5.41) is 3.13. The van der Waals surface area contributed by atoms with Gasteiger partial charge in [-0.15, -0.1) is 0 Å². The first-order chi connectivity index (χ1) is 7.59. The van der Waals surface area contributed by atoms with Crippen LogP contribution in [0.2, 0.25) is 0 Å². The minimum Gasteiger partial charge on any atom is -0.462 e. The number of esters is 1. The van der Waals surface area contributed by atoms with E-state index in [2.05, 4.69) is 5.32 Å². The summed E-state index contributed by atoms with van der Waals surface area (Å²) in [6.07, 6.45) is -0.0543. The van der Waals surface area contributed by atoms with E-state index < -0.39 is 0 Å². The summed E-state index contributed by atoms with van der Waals surface area (Å²) in [5.41, 5.74) is 1.17. The summed E-state index contributed by atoms with van der Waals surface area (Å²) < 4.78 is 5.04. The van der Waals surface area contributed by atoms with Crippen molar-refractivity contribution in [1.29, 1.82) is 0 Å². The first kappa shape index (κ1) is 12.7. The first-order valence-electron chi connectivity index (χ1n) is 5.57. The largest absolute Gasteiger partial charge is 0.462 e. The molecule has 0 fully saturated rings. The van der Waals surface area contributed by atoms with Crippen LogP contribution < -0.4 is 5.32 Å². The second kappa shape index (κ2) is 6.28. The van der Waals surface area contributed by atoms with Gasteiger partial charge in [-0.25, -0.2) is 0 Å². The molecule has 0 saturated heterocycles. The van der Waals surface area contributed by atoms with Crippen LogP contribution in [-0.4, -0.2) is 18.6 Å². The van der Waals surface area contributed by atoms with Crippen molar-refractivity contribution in [3.05, 3.63) is 35.9 Å². The first-order valence-corrected chi connectivity index (χ1v) is 5.57. The highest BCUT2D eigenvalue weighted by molar-refractivity contribution is 5.71. The lowest BCUT2D eigenvalue weighted by Crippen LogP contribution is -2.28. The summed E-state index contributed by atoms with van der Waals surface area (Å²) in [5.74, 6) is -0.210. The summed E-state index contributed by atoms with van der Waals surface area (Å²) in [7, 11) is 0. The molecule has 1 rings (SSSR count). The molecule has 0 aliphatic heterocycles. The van der Waals surface area contributed by atoms with Gasteiger partial charge in [-0.3, -0.25) is 4.79 Å². The number of hydrogen-bond donors (Lipinski definition) is 1. The Bertz CT molecular complexity index is 322. The average molecular weight is 221 g/mol. The molecule has 3 heteroatoms. The normalized spacial score (nSPS) is 12.5. The Morgan fingerprint density at radius 2 is 1.88 bits per heavy atom. The number of carbonyl (C=O) groups excluding carboxylic acids is 1. The fraction of sp³-hybridized carbons (Fsp3) is 0.462. The van der Waals surface area contributed by atoms with Crippen molar-refractivity contribution in [3.8, 4) is 0 Å². The molecule has 16 heavy (non-hydrogen) atoms. The van der Waals surface area contributed by atoms with E-state index in [1.54, 1.807) is 0 Å². The van der Waals surface area contributed by atoms with Gasteiger partial charge < -0.3 is 10.1 Å². The van der Waals surface area contributed by atoms with E-state index in [0.29, 0.717) is 0 Å². The molecular formula is C13H19NO2. The van der Waals surface area contributed by atoms with Gasteiger partial charge in [0.2, 0.25) is 0 Å². The van der Waals surface area contributed by atoms with E-state index in [4.69, 9.17) is 4.74 Å². The maximum Gasteiger partial charge on any atom is 0.320 e. The van der Waals surface area contributed by atoms with E-state index >= 15 is 0 Å². The predicted octanol–water partition coefficient (Wildman–Crippen LogP) is 2.29. The molecule has 0 heterocycles. The zero-order valence-electron chi connectivity index (χ0n) is 10.1. The number of rotatable bonds is 5. The zero-order chi connectivity index (χ0) is 12.0. The lowest BCUT2D eigenvalue weighted by atomic mass is 10.1. The Hall–Kier alpha value is -1.35. The third-order valence-electron chi connectivity index (χ3n) is 2.22. The van der Waals surface area contributed by atoms with Crippen LogP contribution in [0.15, 0.2) is 30.3 Å². The molecular weight excluding hydrogens is 202 g/mol. The quantitative estimate of drug-likeness (QED) is 0.775. The van der Waals surface area contributed by atoms with E-state index in [-0.39, 0.29) is 24.7 Å². The van der Waals surface area contributed by atoms with Crippen molar-refractivity contribution >= 4 is 5.97 Å². The highest BCUT2D eigenvalue weighted by Crippen LogP contribution is 2.10. The van der Waals surface area contributed by atoms with Gasteiger partial charge in [0.05, 0.1) is 12.6 Å². The monoisotopic (exact) mass is 221 g/mol. The van der Waals surface area contributed by atoms with Crippen molar-refractivity contribution in [2.24, 2.45) is 0 Å². The maximum atomic E-state index is 11.3. The van der Waals surface area contributed by atoms with Crippen molar-refractivity contribution < 1.29 is 9.53 Å². The van der Waals surface area contributed by atoms with Crippen LogP contribution in [-0.2, 0) is 9.53 Å². The number of benzene rings is 1. The Labute approximate surface area is 96.8 Å². The fourth-order valence-corrected chi connectivity index (χ4v) is 1.40. The molecule has 0 radical (unpaired) electrons. The lowest BCUT2D eigenvalue weighted by molar-refractivity contribution is -0.146. The fourth-order valence-electron chi connectivity index (χ4n) is 1.40. The van der Waals surface area contributed by atoms with Crippen molar-refractivity contribution in [2.45, 2.75) is 32.9 Å². The van der Waals surface area contributed by atoms with Crippen LogP contribution in [0.25, 0.3) is 0 Å². The minimum absolute atomic E-state index is 0.0543. The van der Waals surface area contributed by atoms with Crippen LogP contribution in [0, 0.1) is 0 Å². The molecule has 1 aromatic rings. The average Bonchev–Trinajstić information content (AvgIpc) is 2.26. The van der Waals surface area contributed by atoms with Crippen LogP contribution >= 0.6 is 0 Å². The molecule has 0 aromatic heterocycles. The van der Waals surface area contributed by atoms with Crippen LogP contribution in [0.5, 0.6) is 0 Å². The second-order valence-electron chi connectivity index (χ2n) is 4.05. The molecule has 0 aliphatic carbocycles. The molecule has 0 spiro atoms. The molecule has 0 unspecified atom stereocenters. The maximum absolute atomic E-state index is 11.3. The molecule has 1 N–H and O–H groups in total. The van der Waals surface area contributed by atoms with Crippen molar-refractivity contribution in [2.75, 3.05) is 6.54 Å². The molecule has 3 nitrogen and oxygen atoms in total. The van der Waals surface area contributed by atoms with Crippen molar-refractivity contribution in [1.82, 2.24) is 5.32 Å². The van der Waals surface area contributed by atoms with Gasteiger partial charge in [-0.05, 0) is 26.3 Å². The van der Waals surface area contributed by atoms with Gasteiger partial charge in [0.1, 0.15) is 0 Å². The molecule has 1 aromatic carbocycles. The second-order valence-corrected chi connectivity index (χ2v) is 4.05. The molecule has 0 amide bonds. The molecule has 0 saturated carbocycles. The molecule has 1 atom stereocenters. The summed E-state index contributed by atoms with van der Waals surface area (Å²) >= 11 is 0. The van der Waals surface area contributed by atoms with Gasteiger partial charge in [0.25, 0.3) is 0 Å². The van der Waals surface area contributed by atoms with E-state index in [0.717, 1.165) is 0 Å². The van der Waals surface area contributed by atoms with E-state index in [9.17, 15) is 4.79 Å². The Balaban J connectivity index is 2.36. The zero-order valence-corrected chi connectivity index (χ0v) is 10.1. The summed E-state index contributed by atoms with van der Waals surface area (Å²) in [6.45, 7) is 5.96. The van der Waals surface area contributed by atoms with Crippen LogP contribution in [0.4, 0.5) is 0 Å². The standard InChI is InChI=1S/C13H19NO2/c1-10(2)16-13(15)9-14-11(3)12-7-5-4-6-8-12/h4-8,10-11,14H,9H2,1-3H3/t11-/m1/s1. The van der Waals surface area contributed by atoms with Gasteiger partial charge in [-0.1, -0.05) is 30.3 Å². The van der Waals surface area contributed by atoms with Gasteiger partial charge >= 0.3 is 5.97 Å². The van der Waals surface area contributed by atoms with E-state index in [1.807, 2.05) is 51.1 Å². The topological polar surface area (TPSA) is 38.3 Å². The number of ether oxygens (including phenoxy) is 1. The number of nitrogens with one attached hydrogen (secondary N) is 1. The molecule has 0 aliphatic rings.